The molecule has 0 aliphatic heterocycles. The van der Waals surface area contributed by atoms with Crippen molar-refractivity contribution in [1.29, 1.82) is 0 Å². The normalized spacial score (nSPS) is 12.1. The van der Waals surface area contributed by atoms with Gasteiger partial charge in [0.25, 0.3) is 0 Å². The molecule has 0 radical (unpaired) electrons. The molecule has 0 heterocycles. The molecule has 0 spiro atoms. The van der Waals surface area contributed by atoms with Gasteiger partial charge in [-0.15, -0.1) is 37.9 Å². The van der Waals surface area contributed by atoms with E-state index in [1.54, 1.807) is 0 Å². The number of hydrogen-bond acceptors (Lipinski definition) is 3. The molecule has 21 heavy (non-hydrogen) atoms. The monoisotopic (exact) mass is 336 g/mol. The number of carbonyl (C=O) groups is 1. The average Bonchev–Trinajstić information content (AvgIpc) is 2.23. The molecule has 118 valence electrons. The van der Waals surface area contributed by atoms with Gasteiger partial charge in [-0.1, -0.05) is 0 Å². The number of carbonyl (C=O) groups excluding carboxylic acids is 1. The van der Waals surface area contributed by atoms with E-state index in [4.69, 9.17) is 11.6 Å². The third kappa shape index (κ3) is 7.07. The van der Waals surface area contributed by atoms with E-state index < -0.39 is 42.3 Å². The fourth-order valence-corrected chi connectivity index (χ4v) is 1.49. The first kappa shape index (κ1) is 17.4. The molecule has 0 amide bonds. The summed E-state index contributed by atoms with van der Waals surface area (Å²) in [4.78, 5) is 11.1. The molecule has 0 aromatic heterocycles. The predicted molar refractivity (Wildman–Crippen MR) is 59.2 cm³/mol. The van der Waals surface area contributed by atoms with E-state index in [2.05, 4.69) is 9.47 Å². The van der Waals surface area contributed by atoms with E-state index in [9.17, 15) is 31.1 Å². The first-order chi connectivity index (χ1) is 9.48. The lowest BCUT2D eigenvalue weighted by molar-refractivity contribution is -0.276. The van der Waals surface area contributed by atoms with Crippen molar-refractivity contribution in [1.82, 2.24) is 0 Å². The third-order valence-corrected chi connectivity index (χ3v) is 2.26. The molecule has 0 bridgehead atoms. The van der Waals surface area contributed by atoms with Crippen molar-refractivity contribution in [2.45, 2.75) is 19.1 Å². The molecule has 1 aromatic rings. The van der Waals surface area contributed by atoms with Gasteiger partial charge in [-0.25, -0.2) is 0 Å². The third-order valence-electron chi connectivity index (χ3n) is 1.96. The van der Waals surface area contributed by atoms with Crippen LogP contribution in [-0.4, -0.2) is 24.4 Å². The Hall–Kier alpha value is -1.64. The van der Waals surface area contributed by atoms with E-state index in [0.717, 1.165) is 12.1 Å². The van der Waals surface area contributed by atoms with Gasteiger partial charge >= 0.3 is 12.7 Å². The summed E-state index contributed by atoms with van der Waals surface area (Å²) in [6.45, 7) is 0. The number of halogens is 7. The van der Waals surface area contributed by atoms with Crippen LogP contribution in [0.1, 0.15) is 5.56 Å². The number of ketones is 1. The highest BCUT2D eigenvalue weighted by atomic mass is 35.5. The van der Waals surface area contributed by atoms with Gasteiger partial charge in [-0.3, -0.25) is 4.79 Å². The standard InChI is InChI=1S/C11H7ClF6O3/c12-5-7(19)1-6-2-8(20-10(13,14)15)4-9(3-6)21-11(16,17)18/h2-4H,1,5H2. The molecule has 10 heteroatoms. The summed E-state index contributed by atoms with van der Waals surface area (Å²) in [6, 6.07) is 1.97. The maximum atomic E-state index is 12.1. The van der Waals surface area contributed by atoms with Crippen molar-refractivity contribution in [3.63, 3.8) is 0 Å². The number of benzene rings is 1. The molecule has 0 N–H and O–H groups in total. The Morgan fingerprint density at radius 2 is 1.38 bits per heavy atom. The second-order valence-electron chi connectivity index (χ2n) is 3.76. The van der Waals surface area contributed by atoms with Crippen LogP contribution in [0.4, 0.5) is 26.3 Å². The zero-order chi connectivity index (χ0) is 16.3. The molecule has 0 aliphatic rings. The lowest BCUT2D eigenvalue weighted by atomic mass is 10.1. The second-order valence-corrected chi connectivity index (χ2v) is 4.02. The molecule has 0 saturated heterocycles. The van der Waals surface area contributed by atoms with Gasteiger partial charge in [0.1, 0.15) is 11.5 Å². The molecule has 0 saturated carbocycles. The van der Waals surface area contributed by atoms with Gasteiger partial charge in [0.2, 0.25) is 0 Å². The van der Waals surface area contributed by atoms with Gasteiger partial charge in [-0.2, -0.15) is 0 Å². The Labute approximate surface area is 119 Å². The molecule has 0 aliphatic carbocycles. The Kier molecular flexibility index (Phi) is 5.32. The van der Waals surface area contributed by atoms with E-state index in [-0.39, 0.29) is 5.56 Å². The van der Waals surface area contributed by atoms with Crippen LogP contribution in [0, 0.1) is 0 Å². The number of ether oxygens (including phenoxy) is 2. The minimum absolute atomic E-state index is 0.151. The van der Waals surface area contributed by atoms with Crippen molar-refractivity contribution in [2.75, 3.05) is 5.88 Å². The lowest BCUT2D eigenvalue weighted by Gasteiger charge is -2.14. The highest BCUT2D eigenvalue weighted by molar-refractivity contribution is 6.27. The number of Topliss-reactive ketones (excluding diaryl/α,β-unsaturated/α-hetero) is 1. The minimum atomic E-state index is -5.09. The van der Waals surface area contributed by atoms with Crippen LogP contribution >= 0.6 is 11.6 Å². The van der Waals surface area contributed by atoms with Crippen LogP contribution in [-0.2, 0) is 11.2 Å². The predicted octanol–water partition coefficient (Wildman–Crippen LogP) is 3.83. The van der Waals surface area contributed by atoms with Crippen molar-refractivity contribution < 1.29 is 40.6 Å². The van der Waals surface area contributed by atoms with Crippen LogP contribution in [0.2, 0.25) is 0 Å². The molecule has 1 rings (SSSR count). The maximum absolute atomic E-state index is 12.1. The highest BCUT2D eigenvalue weighted by Crippen LogP contribution is 2.31. The first-order valence-corrected chi connectivity index (χ1v) is 5.75. The Morgan fingerprint density at radius 3 is 1.71 bits per heavy atom. The first-order valence-electron chi connectivity index (χ1n) is 5.21. The fraction of sp³-hybridized carbons (Fsp3) is 0.364. The van der Waals surface area contributed by atoms with Crippen molar-refractivity contribution in [3.05, 3.63) is 23.8 Å². The zero-order valence-electron chi connectivity index (χ0n) is 10.0. The molecule has 1 aromatic carbocycles. The summed E-state index contributed by atoms with van der Waals surface area (Å²) in [7, 11) is 0. The molecular formula is C11H7ClF6O3. The Bertz CT molecular complexity index is 477. The van der Waals surface area contributed by atoms with E-state index in [1.165, 1.54) is 0 Å². The summed E-state index contributed by atoms with van der Waals surface area (Å²) >= 11 is 5.22. The summed E-state index contributed by atoms with van der Waals surface area (Å²) in [5, 5.41) is 0. The minimum Gasteiger partial charge on any atom is -0.406 e. The van der Waals surface area contributed by atoms with Crippen molar-refractivity contribution in [2.24, 2.45) is 0 Å². The van der Waals surface area contributed by atoms with Crippen molar-refractivity contribution in [3.8, 4) is 11.5 Å². The zero-order valence-corrected chi connectivity index (χ0v) is 10.8. The second kappa shape index (κ2) is 6.42. The van der Waals surface area contributed by atoms with E-state index in [1.807, 2.05) is 0 Å². The number of rotatable bonds is 5. The van der Waals surface area contributed by atoms with Crippen LogP contribution in [0.25, 0.3) is 0 Å². The SMILES string of the molecule is O=C(CCl)Cc1cc(OC(F)(F)F)cc(OC(F)(F)F)c1. The molecule has 0 fully saturated rings. The summed E-state index contributed by atoms with van der Waals surface area (Å²) in [6.07, 6.45) is -10.6. The highest BCUT2D eigenvalue weighted by Gasteiger charge is 2.34. The van der Waals surface area contributed by atoms with Crippen LogP contribution in [0.15, 0.2) is 18.2 Å². The Morgan fingerprint density at radius 1 is 0.952 bits per heavy atom. The van der Waals surface area contributed by atoms with Crippen molar-refractivity contribution >= 4 is 17.4 Å². The summed E-state index contributed by atoms with van der Waals surface area (Å²) in [5.74, 6) is -2.87. The quantitative estimate of drug-likeness (QED) is 0.605. The largest absolute Gasteiger partial charge is 0.573 e. The topological polar surface area (TPSA) is 35.5 Å². The fourth-order valence-electron chi connectivity index (χ4n) is 1.39. The molecule has 0 atom stereocenters. The molecular weight excluding hydrogens is 330 g/mol. The van der Waals surface area contributed by atoms with E-state index >= 15 is 0 Å². The molecule has 3 nitrogen and oxygen atoms in total. The van der Waals surface area contributed by atoms with Gasteiger partial charge in [0.05, 0.1) is 5.88 Å². The maximum Gasteiger partial charge on any atom is 0.573 e. The lowest BCUT2D eigenvalue weighted by Crippen LogP contribution is -2.19. The smallest absolute Gasteiger partial charge is 0.406 e. The average molecular weight is 337 g/mol. The van der Waals surface area contributed by atoms with E-state index in [0.29, 0.717) is 6.07 Å². The van der Waals surface area contributed by atoms with Gasteiger partial charge in [0, 0.05) is 12.5 Å². The van der Waals surface area contributed by atoms with Crippen LogP contribution < -0.4 is 9.47 Å². The Balaban J connectivity index is 3.10. The summed E-state index contributed by atoms with van der Waals surface area (Å²) in [5.41, 5.74) is -0.151. The molecule has 0 unspecified atom stereocenters. The summed E-state index contributed by atoms with van der Waals surface area (Å²) < 4.78 is 79.6. The van der Waals surface area contributed by atoms with Crippen LogP contribution in [0.5, 0.6) is 11.5 Å². The van der Waals surface area contributed by atoms with Gasteiger partial charge < -0.3 is 9.47 Å². The number of hydrogen-bond donors (Lipinski definition) is 0. The number of alkyl halides is 7. The van der Waals surface area contributed by atoms with Gasteiger partial charge in [0.15, 0.2) is 5.78 Å². The van der Waals surface area contributed by atoms with Crippen LogP contribution in [0.3, 0.4) is 0 Å². The van der Waals surface area contributed by atoms with Gasteiger partial charge in [-0.05, 0) is 17.7 Å².